The highest BCUT2D eigenvalue weighted by atomic mass is 32.1. The molecule has 0 bridgehead atoms. The van der Waals surface area contributed by atoms with E-state index in [1.54, 1.807) is 35.0 Å². The minimum Gasteiger partial charge on any atom is -0.444 e. The molecule has 2 aromatic heterocycles. The van der Waals surface area contributed by atoms with E-state index in [0.29, 0.717) is 51.1 Å². The molecule has 3 unspecified atom stereocenters. The first-order valence-electron chi connectivity index (χ1n) is 18.9. The number of urea groups is 1. The summed E-state index contributed by atoms with van der Waals surface area (Å²) >= 11 is 7.52. The first kappa shape index (κ1) is 42.1. The Labute approximate surface area is 338 Å². The normalized spacial score (nSPS) is 15.2. The van der Waals surface area contributed by atoms with Crippen molar-refractivity contribution >= 4 is 53.5 Å². The summed E-state index contributed by atoms with van der Waals surface area (Å²) in [4.78, 5) is 54.4. The number of hydrogen-bond donors (Lipinski definition) is 4. The summed E-state index contributed by atoms with van der Waals surface area (Å²) in [7, 11) is 1.73. The van der Waals surface area contributed by atoms with Crippen molar-refractivity contribution in [3.63, 3.8) is 0 Å². The van der Waals surface area contributed by atoms with Crippen LogP contribution < -0.4 is 16.0 Å². The third-order valence-corrected chi connectivity index (χ3v) is 11.9. The van der Waals surface area contributed by atoms with Gasteiger partial charge in [0.15, 0.2) is 0 Å². The van der Waals surface area contributed by atoms with Gasteiger partial charge in [0.05, 0.1) is 27.6 Å². The maximum Gasteiger partial charge on any atom is 0.407 e. The highest BCUT2D eigenvalue weighted by molar-refractivity contribution is 7.77. The smallest absolute Gasteiger partial charge is 0.407 e. The number of thiol groups is 1. The van der Waals surface area contributed by atoms with Crippen LogP contribution in [-0.2, 0) is 35.5 Å². The van der Waals surface area contributed by atoms with Crippen LogP contribution in [-0.4, -0.2) is 100 Å². The van der Waals surface area contributed by atoms with Gasteiger partial charge < -0.3 is 30.5 Å². The van der Waals surface area contributed by atoms with Gasteiger partial charge in [-0.2, -0.15) is 0 Å². The maximum atomic E-state index is 14.3. The Morgan fingerprint density at radius 1 is 0.873 bits per heavy atom. The number of nitrogens with one attached hydrogen (secondary N) is 3. The zero-order chi connectivity index (χ0) is 39.0. The third kappa shape index (κ3) is 14.5. The van der Waals surface area contributed by atoms with Gasteiger partial charge in [-0.25, -0.2) is 14.6 Å². The van der Waals surface area contributed by atoms with Gasteiger partial charge in [-0.3, -0.25) is 14.1 Å². The van der Waals surface area contributed by atoms with Gasteiger partial charge in [-0.15, -0.1) is 22.7 Å². The summed E-state index contributed by atoms with van der Waals surface area (Å²) in [6.45, 7) is 8.69. The summed E-state index contributed by atoms with van der Waals surface area (Å²) in [6.07, 6.45) is 4.00. The van der Waals surface area contributed by atoms with E-state index in [0.717, 1.165) is 52.9 Å². The van der Waals surface area contributed by atoms with Gasteiger partial charge in [-0.1, -0.05) is 87.3 Å². The predicted molar refractivity (Wildman–Crippen MR) is 222 cm³/mol. The summed E-state index contributed by atoms with van der Waals surface area (Å²) < 4.78 is 7.53. The molecule has 0 aliphatic carbocycles. The van der Waals surface area contributed by atoms with Gasteiger partial charge in [0.25, 0.3) is 0 Å². The Morgan fingerprint density at radius 3 is 2.09 bits per heavy atom. The molecule has 12 nitrogen and oxygen atoms in total. The first-order valence-corrected chi connectivity index (χ1v) is 21.1. The van der Waals surface area contributed by atoms with Crippen LogP contribution in [0.5, 0.6) is 0 Å². The summed E-state index contributed by atoms with van der Waals surface area (Å²) in [5.41, 5.74) is 4.70. The van der Waals surface area contributed by atoms with Crippen molar-refractivity contribution in [3.05, 3.63) is 104 Å². The quantitative estimate of drug-likeness (QED) is 0.0834. The molecule has 3 N–H and O–H groups in total. The highest BCUT2D eigenvalue weighted by Crippen LogP contribution is 2.20. The molecule has 1 saturated heterocycles. The van der Waals surface area contributed by atoms with Gasteiger partial charge in [0, 0.05) is 69.3 Å². The lowest BCUT2D eigenvalue weighted by molar-refractivity contribution is -0.124. The standard InChI is InChI=1S/C40H54N8O4S3/c1-29(2)38-43-34(27-54-38)25-46(3)39(50)45-36(16-17-47-18-20-48(53)21-19-47)37(49)42-32(22-30-10-6-4-7-11-30)14-15-33(23-31-12-8-5-9-13-31)44-40(51)52-26-35-24-41-28-55-35/h4-13,24,27-29,32-33,36,53H,14-23,25-26H2,1-3H3,(H,42,49)(H,44,51)(H,45,50). The number of aromatic nitrogens is 2. The van der Waals surface area contributed by atoms with E-state index in [1.165, 1.54) is 11.3 Å². The van der Waals surface area contributed by atoms with Crippen LogP contribution in [0.2, 0.25) is 0 Å². The SMILES string of the molecule is CC(C)c1nc(CN(C)C(=O)NC(CCN2CCN(S)CC2)C(=O)NC(CCC(Cc2ccccc2)NC(=O)OCc2cncs2)Cc2ccccc2)cs1. The average Bonchev–Trinajstić information content (AvgIpc) is 3.89. The summed E-state index contributed by atoms with van der Waals surface area (Å²) in [5.74, 6) is 0.0782. The number of nitrogens with zero attached hydrogens (tertiary/aromatic N) is 5. The van der Waals surface area contributed by atoms with E-state index in [9.17, 15) is 14.4 Å². The zero-order valence-electron chi connectivity index (χ0n) is 31.9. The Kier molecular flexibility index (Phi) is 16.8. The Bertz CT molecular complexity index is 1740. The summed E-state index contributed by atoms with van der Waals surface area (Å²) in [5, 5.41) is 12.5. The molecule has 1 aliphatic rings. The van der Waals surface area contributed by atoms with Crippen molar-refractivity contribution in [2.75, 3.05) is 39.8 Å². The third-order valence-electron chi connectivity index (χ3n) is 9.52. The molecule has 296 valence electrons. The second-order valence-corrected chi connectivity index (χ2v) is 16.7. The lowest BCUT2D eigenvalue weighted by Crippen LogP contribution is -2.54. The number of carbonyl (C=O) groups excluding carboxylic acids is 3. The van der Waals surface area contributed by atoms with E-state index < -0.39 is 12.1 Å². The van der Waals surface area contributed by atoms with Gasteiger partial charge in [0.1, 0.15) is 12.6 Å². The minimum absolute atomic E-state index is 0.149. The molecule has 55 heavy (non-hydrogen) atoms. The Balaban J connectivity index is 1.28. The van der Waals surface area contributed by atoms with Gasteiger partial charge in [-0.05, 0) is 43.2 Å². The topological polar surface area (TPSA) is 132 Å². The number of thiazole rings is 2. The van der Waals surface area contributed by atoms with E-state index in [-0.39, 0.29) is 30.6 Å². The fourth-order valence-electron chi connectivity index (χ4n) is 6.39. The van der Waals surface area contributed by atoms with Crippen molar-refractivity contribution in [1.29, 1.82) is 0 Å². The molecule has 1 aliphatic heterocycles. The molecule has 15 heteroatoms. The van der Waals surface area contributed by atoms with Crippen LogP contribution in [0.15, 0.2) is 77.8 Å². The maximum absolute atomic E-state index is 14.3. The molecular formula is C40H54N8O4S3. The number of ether oxygens (including phenoxy) is 1. The predicted octanol–water partition coefficient (Wildman–Crippen LogP) is 6.13. The highest BCUT2D eigenvalue weighted by Gasteiger charge is 2.27. The van der Waals surface area contributed by atoms with E-state index in [2.05, 4.69) is 52.5 Å². The van der Waals surface area contributed by atoms with E-state index >= 15 is 0 Å². The van der Waals surface area contributed by atoms with Crippen LogP contribution in [0.25, 0.3) is 0 Å². The molecule has 0 radical (unpaired) electrons. The molecule has 4 aromatic rings. The Hall–Kier alpha value is -4.02. The molecule has 0 spiro atoms. The van der Waals surface area contributed by atoms with Crippen LogP contribution >= 0.6 is 35.5 Å². The van der Waals surface area contributed by atoms with Gasteiger partial charge in [0.2, 0.25) is 5.91 Å². The van der Waals surface area contributed by atoms with Crippen molar-refractivity contribution < 1.29 is 19.1 Å². The molecule has 3 atom stereocenters. The number of benzene rings is 2. The first-order chi connectivity index (χ1) is 26.6. The van der Waals surface area contributed by atoms with Crippen LogP contribution in [0.3, 0.4) is 0 Å². The monoisotopic (exact) mass is 806 g/mol. The van der Waals surface area contributed by atoms with Crippen molar-refractivity contribution in [1.82, 2.24) is 40.0 Å². The minimum atomic E-state index is -0.760. The fourth-order valence-corrected chi connectivity index (χ4v) is 7.90. The van der Waals surface area contributed by atoms with Gasteiger partial charge >= 0.3 is 12.1 Å². The molecule has 3 heterocycles. The number of rotatable bonds is 19. The van der Waals surface area contributed by atoms with Crippen LogP contribution in [0, 0.1) is 0 Å². The van der Waals surface area contributed by atoms with Crippen LogP contribution in [0.1, 0.15) is 65.7 Å². The molecule has 2 aromatic carbocycles. The second-order valence-electron chi connectivity index (χ2n) is 14.3. The molecule has 0 saturated carbocycles. The van der Waals surface area contributed by atoms with Crippen LogP contribution in [0.4, 0.5) is 9.59 Å². The number of piperazine rings is 1. The molecule has 5 rings (SSSR count). The average molecular weight is 807 g/mol. The lowest BCUT2D eigenvalue weighted by atomic mass is 9.95. The number of carbonyl (C=O) groups is 3. The Morgan fingerprint density at radius 2 is 1.51 bits per heavy atom. The van der Waals surface area contributed by atoms with Crippen molar-refractivity contribution in [2.45, 2.75) is 83.1 Å². The molecule has 1 fully saturated rings. The number of amides is 4. The largest absolute Gasteiger partial charge is 0.444 e. The zero-order valence-corrected chi connectivity index (χ0v) is 34.5. The molecular weight excluding hydrogens is 753 g/mol. The summed E-state index contributed by atoms with van der Waals surface area (Å²) in [6, 6.07) is 18.5. The number of alkyl carbamates (subject to hydrolysis) is 1. The number of hydrogen-bond acceptors (Lipinski definition) is 11. The van der Waals surface area contributed by atoms with Crippen molar-refractivity contribution in [3.8, 4) is 0 Å². The second kappa shape index (κ2) is 21.9. The van der Waals surface area contributed by atoms with Crippen molar-refractivity contribution in [2.24, 2.45) is 0 Å². The molecule has 4 amide bonds. The fraction of sp³-hybridized carbons (Fsp3) is 0.475. The lowest BCUT2D eigenvalue weighted by Gasteiger charge is -2.33. The van der Waals surface area contributed by atoms with E-state index in [1.807, 2.05) is 70.3 Å². The van der Waals surface area contributed by atoms with E-state index in [4.69, 9.17) is 9.72 Å².